The lowest BCUT2D eigenvalue weighted by molar-refractivity contribution is 0.297. The van der Waals surface area contributed by atoms with Crippen molar-refractivity contribution in [2.75, 3.05) is 19.5 Å². The molecule has 0 amide bonds. The number of hydrogen-bond donors (Lipinski definition) is 1. The van der Waals surface area contributed by atoms with Gasteiger partial charge >= 0.3 is 0 Å². The van der Waals surface area contributed by atoms with Gasteiger partial charge in [0, 0.05) is 24.8 Å². The summed E-state index contributed by atoms with van der Waals surface area (Å²) in [4.78, 5) is 0.260. The molecule has 0 aromatic heterocycles. The van der Waals surface area contributed by atoms with Crippen LogP contribution in [-0.4, -0.2) is 36.3 Å². The van der Waals surface area contributed by atoms with E-state index in [1.54, 1.807) is 25.1 Å². The summed E-state index contributed by atoms with van der Waals surface area (Å²) in [7, 11) is -7.09. The Labute approximate surface area is 159 Å². The normalized spacial score (nSPS) is 15.8. The second-order valence-corrected chi connectivity index (χ2v) is 10.1. The maximum absolute atomic E-state index is 12.7. The Morgan fingerprint density at radius 1 is 0.889 bits per heavy atom. The summed E-state index contributed by atoms with van der Waals surface area (Å²) in [6, 6.07) is 10.1. The Morgan fingerprint density at radius 3 is 2.11 bits per heavy atom. The average Bonchev–Trinajstić information content (AvgIpc) is 2.85. The van der Waals surface area contributed by atoms with Gasteiger partial charge in [0.05, 0.1) is 23.0 Å². The van der Waals surface area contributed by atoms with Crippen LogP contribution in [0.25, 0.3) is 0 Å². The minimum Gasteiger partial charge on any atom is -0.490 e. The molecule has 1 aliphatic rings. The van der Waals surface area contributed by atoms with E-state index in [9.17, 15) is 16.8 Å². The molecule has 2 aromatic rings. The highest BCUT2D eigenvalue weighted by Crippen LogP contribution is 2.32. The molecule has 1 N–H and O–H groups in total. The van der Waals surface area contributed by atoms with Gasteiger partial charge in [-0.1, -0.05) is 12.1 Å². The van der Waals surface area contributed by atoms with Crippen molar-refractivity contribution in [3.05, 3.63) is 48.0 Å². The van der Waals surface area contributed by atoms with Crippen LogP contribution < -0.4 is 14.2 Å². The summed E-state index contributed by atoms with van der Waals surface area (Å²) >= 11 is 0. The lowest BCUT2D eigenvalue weighted by atomic mass is 10.1. The Kier molecular flexibility index (Phi) is 5.45. The van der Waals surface area contributed by atoms with Crippen LogP contribution in [0.4, 0.5) is 0 Å². The molecule has 3 rings (SSSR count). The molecule has 146 valence electrons. The van der Waals surface area contributed by atoms with E-state index in [0.717, 1.165) is 12.7 Å². The maximum atomic E-state index is 12.7. The van der Waals surface area contributed by atoms with Crippen molar-refractivity contribution in [3.63, 3.8) is 0 Å². The second kappa shape index (κ2) is 7.49. The maximum Gasteiger partial charge on any atom is 0.241 e. The van der Waals surface area contributed by atoms with E-state index in [4.69, 9.17) is 9.47 Å². The number of sulfone groups is 1. The molecule has 0 saturated heterocycles. The minimum absolute atomic E-state index is 0.0753. The molecule has 2 aromatic carbocycles. The largest absolute Gasteiger partial charge is 0.490 e. The molecule has 0 spiro atoms. The first kappa shape index (κ1) is 19.7. The third-order valence-corrected chi connectivity index (χ3v) is 6.84. The summed E-state index contributed by atoms with van der Waals surface area (Å²) < 4.78 is 62.1. The van der Waals surface area contributed by atoms with Crippen molar-refractivity contribution in [1.82, 2.24) is 4.72 Å². The highest BCUT2D eigenvalue weighted by Gasteiger charge is 2.21. The SMILES string of the molecule is C[C@H](NS(=O)(=O)c1ccc2c(c1)OCCCO2)c1ccc(S(C)(=O)=O)cc1. The predicted octanol–water partition coefficient (Wildman–Crippen LogP) is 2.29. The van der Waals surface area contributed by atoms with Crippen LogP contribution in [0.3, 0.4) is 0 Å². The van der Waals surface area contributed by atoms with E-state index in [-0.39, 0.29) is 9.79 Å². The van der Waals surface area contributed by atoms with E-state index < -0.39 is 25.9 Å². The molecule has 0 unspecified atom stereocenters. The van der Waals surface area contributed by atoms with Gasteiger partial charge in [-0.2, -0.15) is 0 Å². The molecular formula is C18H21NO6S2. The molecule has 0 saturated carbocycles. The fraction of sp³-hybridized carbons (Fsp3) is 0.333. The average molecular weight is 412 g/mol. The Bertz CT molecular complexity index is 1030. The number of nitrogens with one attached hydrogen (secondary N) is 1. The van der Waals surface area contributed by atoms with Gasteiger partial charge in [0.2, 0.25) is 10.0 Å². The Morgan fingerprint density at radius 2 is 1.48 bits per heavy atom. The number of rotatable bonds is 5. The van der Waals surface area contributed by atoms with E-state index in [1.807, 2.05) is 0 Å². The Hall–Kier alpha value is -2.10. The number of ether oxygens (including phenoxy) is 2. The molecule has 1 aliphatic heterocycles. The van der Waals surface area contributed by atoms with Gasteiger partial charge in [-0.3, -0.25) is 0 Å². The molecule has 0 fully saturated rings. The Balaban J connectivity index is 1.80. The number of hydrogen-bond acceptors (Lipinski definition) is 6. The number of sulfonamides is 1. The van der Waals surface area contributed by atoms with Crippen LogP contribution in [0.5, 0.6) is 11.5 Å². The predicted molar refractivity (Wildman–Crippen MR) is 100 cm³/mol. The van der Waals surface area contributed by atoms with Crippen LogP contribution in [0.1, 0.15) is 24.9 Å². The van der Waals surface area contributed by atoms with Gasteiger partial charge in [0.1, 0.15) is 0 Å². The van der Waals surface area contributed by atoms with E-state index in [0.29, 0.717) is 30.3 Å². The van der Waals surface area contributed by atoms with Crippen LogP contribution in [0.2, 0.25) is 0 Å². The van der Waals surface area contributed by atoms with Crippen LogP contribution in [0, 0.1) is 0 Å². The zero-order chi connectivity index (χ0) is 19.7. The second-order valence-electron chi connectivity index (χ2n) is 6.34. The van der Waals surface area contributed by atoms with Gasteiger partial charge in [-0.05, 0) is 36.8 Å². The lowest BCUT2D eigenvalue weighted by Crippen LogP contribution is -2.27. The summed E-state index contributed by atoms with van der Waals surface area (Å²) in [5.41, 5.74) is 0.653. The van der Waals surface area contributed by atoms with E-state index in [2.05, 4.69) is 4.72 Å². The van der Waals surface area contributed by atoms with Crippen molar-refractivity contribution in [2.45, 2.75) is 29.2 Å². The first-order valence-corrected chi connectivity index (χ1v) is 11.8. The molecule has 1 heterocycles. The van der Waals surface area contributed by atoms with E-state index >= 15 is 0 Å². The van der Waals surface area contributed by atoms with Crippen molar-refractivity contribution in [3.8, 4) is 11.5 Å². The first-order valence-electron chi connectivity index (χ1n) is 8.39. The summed E-state index contributed by atoms with van der Waals surface area (Å²) in [5.74, 6) is 0.927. The van der Waals surface area contributed by atoms with Crippen LogP contribution >= 0.6 is 0 Å². The molecule has 7 nitrogen and oxygen atoms in total. The summed E-state index contributed by atoms with van der Waals surface area (Å²) in [6.45, 7) is 2.68. The lowest BCUT2D eigenvalue weighted by Gasteiger charge is -2.16. The molecule has 27 heavy (non-hydrogen) atoms. The van der Waals surface area contributed by atoms with Crippen molar-refractivity contribution in [1.29, 1.82) is 0 Å². The number of benzene rings is 2. The molecule has 0 bridgehead atoms. The highest BCUT2D eigenvalue weighted by atomic mass is 32.2. The van der Waals surface area contributed by atoms with Gasteiger partial charge in [0.15, 0.2) is 21.3 Å². The third-order valence-electron chi connectivity index (χ3n) is 4.17. The highest BCUT2D eigenvalue weighted by molar-refractivity contribution is 7.90. The molecule has 0 aliphatic carbocycles. The van der Waals surface area contributed by atoms with Crippen molar-refractivity contribution < 1.29 is 26.3 Å². The quantitative estimate of drug-likeness (QED) is 0.811. The van der Waals surface area contributed by atoms with Crippen LogP contribution in [0.15, 0.2) is 52.3 Å². The monoisotopic (exact) mass is 411 g/mol. The van der Waals surface area contributed by atoms with Gasteiger partial charge in [-0.15, -0.1) is 0 Å². The standard InChI is InChI=1S/C18H21NO6S2/c1-13(14-4-6-15(7-5-14)26(2,20)21)19-27(22,23)16-8-9-17-18(12-16)25-11-3-10-24-17/h4-9,12-13,19H,3,10-11H2,1-2H3/t13-/m0/s1. The fourth-order valence-corrected chi connectivity index (χ4v) is 4.56. The number of fused-ring (bicyclic) bond motifs is 1. The topological polar surface area (TPSA) is 98.8 Å². The van der Waals surface area contributed by atoms with Gasteiger partial charge in [0.25, 0.3) is 0 Å². The summed E-state index contributed by atoms with van der Waals surface area (Å²) in [5, 5.41) is 0. The third kappa shape index (κ3) is 4.60. The first-order chi connectivity index (χ1) is 12.7. The van der Waals surface area contributed by atoms with Gasteiger partial charge < -0.3 is 9.47 Å². The van der Waals surface area contributed by atoms with Crippen molar-refractivity contribution in [2.24, 2.45) is 0 Å². The fourth-order valence-electron chi connectivity index (χ4n) is 2.68. The molecular weight excluding hydrogens is 390 g/mol. The molecule has 1 atom stereocenters. The zero-order valence-corrected chi connectivity index (χ0v) is 16.6. The molecule has 0 radical (unpaired) electrons. The van der Waals surface area contributed by atoms with Crippen LogP contribution in [-0.2, 0) is 19.9 Å². The van der Waals surface area contributed by atoms with Crippen molar-refractivity contribution >= 4 is 19.9 Å². The smallest absolute Gasteiger partial charge is 0.241 e. The summed E-state index contributed by atoms with van der Waals surface area (Å²) in [6.07, 6.45) is 1.85. The van der Waals surface area contributed by atoms with E-state index in [1.165, 1.54) is 24.3 Å². The van der Waals surface area contributed by atoms with Gasteiger partial charge in [-0.25, -0.2) is 21.6 Å². The zero-order valence-electron chi connectivity index (χ0n) is 15.0. The molecule has 9 heteroatoms. The minimum atomic E-state index is -3.80.